The molecule has 0 saturated heterocycles. The van der Waals surface area contributed by atoms with Gasteiger partial charge in [0, 0.05) is 4.47 Å². The maximum Gasteiger partial charge on any atom is 1.00 e. The first-order chi connectivity index (χ1) is 11.3. The Bertz CT molecular complexity index is 946. The number of para-hydroxylation sites is 2. The summed E-state index contributed by atoms with van der Waals surface area (Å²) >= 11 is 4.27. The number of carbonyl (C=O) groups excluding carboxylic acids is 1. The zero-order chi connectivity index (χ0) is 17.5. The summed E-state index contributed by atoms with van der Waals surface area (Å²) in [6, 6.07) is 12.0. The van der Waals surface area contributed by atoms with Crippen molar-refractivity contribution < 1.29 is 43.8 Å². The van der Waals surface area contributed by atoms with Crippen LogP contribution in [0.15, 0.2) is 52.1 Å². The van der Waals surface area contributed by atoms with Crippen molar-refractivity contribution in [3.05, 3.63) is 52.8 Å². The van der Waals surface area contributed by atoms with E-state index in [2.05, 4.69) is 20.9 Å². The van der Waals surface area contributed by atoms with Gasteiger partial charge in [0.1, 0.15) is 5.82 Å². The van der Waals surface area contributed by atoms with Crippen LogP contribution in [-0.2, 0) is 4.79 Å². The van der Waals surface area contributed by atoms with E-state index in [-0.39, 0.29) is 29.6 Å². The molecule has 0 saturated carbocycles. The fraction of sp³-hybridized carbons (Fsp3) is 0.176. The molecule has 0 aliphatic carbocycles. The van der Waals surface area contributed by atoms with Gasteiger partial charge in [-0.05, 0) is 44.2 Å². The van der Waals surface area contributed by atoms with E-state index < -0.39 is 16.5 Å². The van der Waals surface area contributed by atoms with Crippen LogP contribution in [0.1, 0.15) is 13.8 Å². The summed E-state index contributed by atoms with van der Waals surface area (Å²) < 4.78 is 15.5. The van der Waals surface area contributed by atoms with E-state index >= 15 is 0 Å². The van der Waals surface area contributed by atoms with E-state index in [1.807, 2.05) is 18.2 Å². The number of carboxylic acids is 1. The number of thioether (sulfide) groups is 1. The van der Waals surface area contributed by atoms with Gasteiger partial charge in [0.15, 0.2) is 5.16 Å². The summed E-state index contributed by atoms with van der Waals surface area (Å²) in [5, 5.41) is 11.7. The molecule has 0 N–H and O–H groups in total. The van der Waals surface area contributed by atoms with Crippen LogP contribution in [0.4, 0.5) is 4.39 Å². The van der Waals surface area contributed by atoms with Crippen molar-refractivity contribution in [1.29, 1.82) is 0 Å². The van der Waals surface area contributed by atoms with Gasteiger partial charge in [-0.25, -0.2) is 9.37 Å². The Morgan fingerprint density at radius 1 is 1.28 bits per heavy atom. The smallest absolute Gasteiger partial charge is 0.549 e. The Kier molecular flexibility index (Phi) is 6.38. The standard InChI is InChI=1S/C17H14BrFN2O2S.Na/c1-17(2,15(22)23)24-16-20-12-5-3-4-6-14(12)21(16)13-8-7-10(18)9-11(13)19;/h3-9H,1-2H3,(H,22,23);/q;+1/p-1. The summed E-state index contributed by atoms with van der Waals surface area (Å²) in [6.45, 7) is 3.07. The minimum atomic E-state index is -1.21. The average Bonchev–Trinajstić information content (AvgIpc) is 2.84. The molecule has 0 atom stereocenters. The minimum Gasteiger partial charge on any atom is -0.549 e. The second-order valence-corrected chi connectivity index (χ2v) is 8.22. The Balaban J connectivity index is 0.00000225. The summed E-state index contributed by atoms with van der Waals surface area (Å²) in [5.74, 6) is -1.64. The molecule has 3 aromatic rings. The summed E-state index contributed by atoms with van der Waals surface area (Å²) in [5.41, 5.74) is 1.68. The van der Waals surface area contributed by atoms with Crippen molar-refractivity contribution in [3.63, 3.8) is 0 Å². The topological polar surface area (TPSA) is 58.0 Å². The molecule has 2 aromatic carbocycles. The number of benzene rings is 2. The zero-order valence-corrected chi connectivity index (χ0v) is 18.3. The number of rotatable bonds is 4. The second-order valence-electron chi connectivity index (χ2n) is 5.71. The second kappa shape index (κ2) is 7.80. The van der Waals surface area contributed by atoms with E-state index in [9.17, 15) is 14.3 Å². The number of hydrogen-bond donors (Lipinski definition) is 0. The van der Waals surface area contributed by atoms with Gasteiger partial charge < -0.3 is 9.90 Å². The Hall–Kier alpha value is -0.860. The number of carboxylic acid groups (broad SMARTS) is 1. The van der Waals surface area contributed by atoms with Crippen LogP contribution in [0, 0.1) is 5.82 Å². The Labute approximate surface area is 179 Å². The molecule has 0 aliphatic heterocycles. The van der Waals surface area contributed by atoms with Crippen molar-refractivity contribution in [2.24, 2.45) is 0 Å². The number of halogens is 2. The van der Waals surface area contributed by atoms with Crippen LogP contribution in [0.5, 0.6) is 0 Å². The summed E-state index contributed by atoms with van der Waals surface area (Å²) in [6.07, 6.45) is 0. The SMILES string of the molecule is CC(C)(Sc1nc2ccccc2n1-c1ccc(Br)cc1F)C(=O)[O-].[Na+]. The molecule has 0 spiro atoms. The van der Waals surface area contributed by atoms with E-state index in [0.29, 0.717) is 26.3 Å². The number of imidazole rings is 1. The third kappa shape index (κ3) is 4.11. The van der Waals surface area contributed by atoms with Crippen molar-refractivity contribution >= 4 is 44.7 Å². The fourth-order valence-electron chi connectivity index (χ4n) is 2.24. The number of hydrogen-bond acceptors (Lipinski definition) is 4. The third-order valence-corrected chi connectivity index (χ3v) is 5.15. The van der Waals surface area contributed by atoms with E-state index in [1.54, 1.807) is 22.8 Å². The predicted octanol–water partition coefficient (Wildman–Crippen LogP) is 0.552. The molecule has 1 aromatic heterocycles. The van der Waals surface area contributed by atoms with Crippen LogP contribution in [-0.4, -0.2) is 20.3 Å². The summed E-state index contributed by atoms with van der Waals surface area (Å²) in [7, 11) is 0. The van der Waals surface area contributed by atoms with Crippen LogP contribution in [0.3, 0.4) is 0 Å². The van der Waals surface area contributed by atoms with Crippen LogP contribution >= 0.6 is 27.7 Å². The van der Waals surface area contributed by atoms with Gasteiger partial charge in [-0.1, -0.05) is 39.8 Å². The maximum atomic E-state index is 14.5. The molecular weight excluding hydrogens is 418 g/mol. The number of nitrogens with zero attached hydrogens (tertiary/aromatic N) is 2. The molecular formula is C17H13BrFN2NaO2S. The molecule has 3 rings (SSSR count). The molecule has 8 heteroatoms. The quantitative estimate of drug-likeness (QED) is 0.448. The Morgan fingerprint density at radius 2 is 1.96 bits per heavy atom. The number of carbonyl (C=O) groups is 1. The van der Waals surface area contributed by atoms with Crippen molar-refractivity contribution in [1.82, 2.24) is 9.55 Å². The number of aliphatic carboxylic acids is 1. The van der Waals surface area contributed by atoms with Gasteiger partial charge in [-0.2, -0.15) is 0 Å². The molecule has 0 aliphatic rings. The first-order valence-electron chi connectivity index (χ1n) is 7.13. The van der Waals surface area contributed by atoms with Crippen molar-refractivity contribution in [2.75, 3.05) is 0 Å². The monoisotopic (exact) mass is 430 g/mol. The van der Waals surface area contributed by atoms with Gasteiger partial charge in [0.25, 0.3) is 0 Å². The average molecular weight is 431 g/mol. The van der Waals surface area contributed by atoms with Crippen molar-refractivity contribution in [2.45, 2.75) is 23.8 Å². The third-order valence-electron chi connectivity index (χ3n) is 3.52. The molecule has 0 fully saturated rings. The zero-order valence-electron chi connectivity index (χ0n) is 13.9. The Morgan fingerprint density at radius 3 is 2.60 bits per heavy atom. The first-order valence-corrected chi connectivity index (χ1v) is 8.74. The first kappa shape index (κ1) is 20.5. The summed E-state index contributed by atoms with van der Waals surface area (Å²) in [4.78, 5) is 15.8. The molecule has 0 bridgehead atoms. The van der Waals surface area contributed by atoms with Gasteiger partial charge in [0.05, 0.1) is 27.4 Å². The van der Waals surface area contributed by atoms with Gasteiger partial charge >= 0.3 is 29.6 Å². The fourth-order valence-corrected chi connectivity index (χ4v) is 3.54. The number of aromatic nitrogens is 2. The minimum absolute atomic E-state index is 0. The molecule has 0 unspecified atom stereocenters. The van der Waals surface area contributed by atoms with E-state index in [0.717, 1.165) is 11.8 Å². The molecule has 0 radical (unpaired) electrons. The van der Waals surface area contributed by atoms with E-state index in [1.165, 1.54) is 19.9 Å². The molecule has 1 heterocycles. The molecule has 0 amide bonds. The normalized spacial score (nSPS) is 11.4. The molecule has 124 valence electrons. The van der Waals surface area contributed by atoms with Crippen LogP contribution in [0.2, 0.25) is 0 Å². The van der Waals surface area contributed by atoms with Gasteiger partial charge in [-0.15, -0.1) is 0 Å². The van der Waals surface area contributed by atoms with Gasteiger partial charge in [-0.3, -0.25) is 4.57 Å². The predicted molar refractivity (Wildman–Crippen MR) is 93.7 cm³/mol. The maximum absolute atomic E-state index is 14.5. The largest absolute Gasteiger partial charge is 1.00 e. The van der Waals surface area contributed by atoms with Gasteiger partial charge in [0.2, 0.25) is 0 Å². The van der Waals surface area contributed by atoms with E-state index in [4.69, 9.17) is 0 Å². The number of fused-ring (bicyclic) bond motifs is 1. The van der Waals surface area contributed by atoms with Crippen molar-refractivity contribution in [3.8, 4) is 5.69 Å². The van der Waals surface area contributed by atoms with Crippen LogP contribution < -0.4 is 34.7 Å². The molecule has 25 heavy (non-hydrogen) atoms. The molecule has 4 nitrogen and oxygen atoms in total. The van der Waals surface area contributed by atoms with Crippen LogP contribution in [0.25, 0.3) is 16.7 Å².